The fourth-order valence-corrected chi connectivity index (χ4v) is 1.77. The quantitative estimate of drug-likeness (QED) is 0.644. The van der Waals surface area contributed by atoms with E-state index in [1.807, 2.05) is 0 Å². The molecule has 0 aliphatic heterocycles. The van der Waals surface area contributed by atoms with Crippen LogP contribution in [0.3, 0.4) is 0 Å². The molecule has 0 bridgehead atoms. The number of anilines is 3. The summed E-state index contributed by atoms with van der Waals surface area (Å²) in [6, 6.07) is 5.64. The zero-order valence-corrected chi connectivity index (χ0v) is 10.6. The maximum absolute atomic E-state index is 13.5. The first kappa shape index (κ1) is 12.8. The zero-order valence-electron chi connectivity index (χ0n) is 8.98. The van der Waals surface area contributed by atoms with Gasteiger partial charge in [0.2, 0.25) is 0 Å². The van der Waals surface area contributed by atoms with Crippen molar-refractivity contribution in [2.24, 2.45) is 0 Å². The number of hydrogen-bond donors (Lipinski definition) is 2. The third-order valence-corrected chi connectivity index (χ3v) is 2.82. The van der Waals surface area contributed by atoms with Crippen LogP contribution in [0.1, 0.15) is 0 Å². The number of halogens is 4. The molecule has 94 valence electrons. The van der Waals surface area contributed by atoms with E-state index in [0.717, 1.165) is 24.3 Å². The second kappa shape index (κ2) is 4.89. The van der Waals surface area contributed by atoms with Crippen LogP contribution in [0.15, 0.2) is 34.8 Å². The molecule has 0 spiro atoms. The highest BCUT2D eigenvalue weighted by molar-refractivity contribution is 9.10. The molecule has 18 heavy (non-hydrogen) atoms. The van der Waals surface area contributed by atoms with Gasteiger partial charge in [0.1, 0.15) is 17.5 Å². The van der Waals surface area contributed by atoms with E-state index in [-0.39, 0.29) is 21.5 Å². The largest absolute Gasteiger partial charge is 0.399 e. The molecular weight excluding hydrogens is 309 g/mol. The van der Waals surface area contributed by atoms with Crippen molar-refractivity contribution in [3.05, 3.63) is 52.3 Å². The summed E-state index contributed by atoms with van der Waals surface area (Å²) in [6.07, 6.45) is 0. The van der Waals surface area contributed by atoms with Crippen molar-refractivity contribution in [2.75, 3.05) is 11.1 Å². The standard InChI is InChI=1S/C12H8BrF3N2/c13-9-4-11(16)12(5-10(9)15)18-8-2-6(14)1-7(17)3-8/h1-5,18H,17H2. The van der Waals surface area contributed by atoms with E-state index in [0.29, 0.717) is 0 Å². The van der Waals surface area contributed by atoms with E-state index in [9.17, 15) is 13.2 Å². The molecule has 0 aliphatic carbocycles. The van der Waals surface area contributed by atoms with Crippen molar-refractivity contribution in [1.82, 2.24) is 0 Å². The number of benzene rings is 2. The Labute approximate surface area is 110 Å². The van der Waals surface area contributed by atoms with Crippen LogP contribution in [0.25, 0.3) is 0 Å². The van der Waals surface area contributed by atoms with Gasteiger partial charge in [-0.3, -0.25) is 0 Å². The summed E-state index contributed by atoms with van der Waals surface area (Å²) < 4.78 is 39.9. The Kier molecular flexibility index (Phi) is 3.47. The minimum atomic E-state index is -0.661. The minimum absolute atomic E-state index is 0.0179. The molecule has 0 atom stereocenters. The highest BCUT2D eigenvalue weighted by atomic mass is 79.9. The van der Waals surface area contributed by atoms with Crippen LogP contribution in [-0.2, 0) is 0 Å². The van der Waals surface area contributed by atoms with Crippen molar-refractivity contribution in [1.29, 1.82) is 0 Å². The first-order valence-electron chi connectivity index (χ1n) is 4.93. The van der Waals surface area contributed by atoms with Gasteiger partial charge in [-0.1, -0.05) is 0 Å². The summed E-state index contributed by atoms with van der Waals surface area (Å²) >= 11 is 2.87. The van der Waals surface area contributed by atoms with Gasteiger partial charge in [-0.05, 0) is 40.2 Å². The highest BCUT2D eigenvalue weighted by Gasteiger charge is 2.09. The smallest absolute Gasteiger partial charge is 0.147 e. The molecule has 0 saturated heterocycles. The van der Waals surface area contributed by atoms with Crippen LogP contribution in [-0.4, -0.2) is 0 Å². The van der Waals surface area contributed by atoms with E-state index < -0.39 is 17.5 Å². The summed E-state index contributed by atoms with van der Waals surface area (Å²) in [5.74, 6) is -1.84. The molecule has 0 heterocycles. The molecular formula is C12H8BrF3N2. The van der Waals surface area contributed by atoms with Gasteiger partial charge in [-0.2, -0.15) is 0 Å². The Balaban J connectivity index is 2.36. The normalized spacial score (nSPS) is 10.4. The number of rotatable bonds is 2. The summed E-state index contributed by atoms with van der Waals surface area (Å²) in [5, 5.41) is 2.57. The van der Waals surface area contributed by atoms with E-state index in [1.54, 1.807) is 0 Å². The number of hydrogen-bond acceptors (Lipinski definition) is 2. The van der Waals surface area contributed by atoms with Crippen molar-refractivity contribution < 1.29 is 13.2 Å². The van der Waals surface area contributed by atoms with Crippen LogP contribution >= 0.6 is 15.9 Å². The molecule has 0 radical (unpaired) electrons. The number of nitrogen functional groups attached to an aromatic ring is 1. The Morgan fingerprint density at radius 1 is 0.944 bits per heavy atom. The van der Waals surface area contributed by atoms with Crippen LogP contribution in [0.5, 0.6) is 0 Å². The van der Waals surface area contributed by atoms with Gasteiger partial charge in [-0.25, -0.2) is 13.2 Å². The second-order valence-corrected chi connectivity index (χ2v) is 4.50. The van der Waals surface area contributed by atoms with Gasteiger partial charge in [0.15, 0.2) is 0 Å². The summed E-state index contributed by atoms with van der Waals surface area (Å²) in [6.45, 7) is 0. The Morgan fingerprint density at radius 2 is 1.67 bits per heavy atom. The SMILES string of the molecule is Nc1cc(F)cc(Nc2cc(F)c(Br)cc2F)c1. The molecule has 2 aromatic rings. The Morgan fingerprint density at radius 3 is 2.33 bits per heavy atom. The maximum atomic E-state index is 13.5. The predicted octanol–water partition coefficient (Wildman–Crippen LogP) is 4.19. The van der Waals surface area contributed by atoms with Gasteiger partial charge in [0.05, 0.1) is 10.2 Å². The molecule has 6 heteroatoms. The average Bonchev–Trinajstić information content (AvgIpc) is 2.24. The fourth-order valence-electron chi connectivity index (χ4n) is 1.46. The van der Waals surface area contributed by atoms with Crippen LogP contribution in [0.2, 0.25) is 0 Å². The fraction of sp³-hybridized carbons (Fsp3) is 0. The molecule has 0 amide bonds. The third-order valence-electron chi connectivity index (χ3n) is 2.21. The molecule has 0 unspecified atom stereocenters. The van der Waals surface area contributed by atoms with Gasteiger partial charge in [0, 0.05) is 17.4 Å². The lowest BCUT2D eigenvalue weighted by atomic mass is 10.2. The van der Waals surface area contributed by atoms with Crippen molar-refractivity contribution >= 4 is 33.0 Å². The topological polar surface area (TPSA) is 38.0 Å². The van der Waals surface area contributed by atoms with E-state index >= 15 is 0 Å². The molecule has 2 aromatic carbocycles. The predicted molar refractivity (Wildman–Crippen MR) is 68.2 cm³/mol. The zero-order chi connectivity index (χ0) is 13.3. The molecule has 0 saturated carbocycles. The minimum Gasteiger partial charge on any atom is -0.399 e. The highest BCUT2D eigenvalue weighted by Crippen LogP contribution is 2.27. The molecule has 0 aromatic heterocycles. The van der Waals surface area contributed by atoms with Crippen LogP contribution in [0, 0.1) is 17.5 Å². The van der Waals surface area contributed by atoms with Gasteiger partial charge >= 0.3 is 0 Å². The molecule has 2 rings (SSSR count). The monoisotopic (exact) mass is 316 g/mol. The van der Waals surface area contributed by atoms with Crippen LogP contribution in [0.4, 0.5) is 30.2 Å². The van der Waals surface area contributed by atoms with Crippen LogP contribution < -0.4 is 11.1 Å². The molecule has 0 aliphatic rings. The summed E-state index contributed by atoms with van der Waals surface area (Å²) in [7, 11) is 0. The van der Waals surface area contributed by atoms with E-state index in [2.05, 4.69) is 21.2 Å². The lowest BCUT2D eigenvalue weighted by Gasteiger charge is -2.09. The number of nitrogens with one attached hydrogen (secondary N) is 1. The van der Waals surface area contributed by atoms with Gasteiger partial charge < -0.3 is 11.1 Å². The van der Waals surface area contributed by atoms with Crippen molar-refractivity contribution in [3.8, 4) is 0 Å². The first-order chi connectivity index (χ1) is 8.45. The Hall–Kier alpha value is -1.69. The molecule has 3 N–H and O–H groups in total. The van der Waals surface area contributed by atoms with Gasteiger partial charge in [-0.15, -0.1) is 0 Å². The number of nitrogens with two attached hydrogens (primary N) is 1. The third kappa shape index (κ3) is 2.76. The average molecular weight is 317 g/mol. The van der Waals surface area contributed by atoms with Gasteiger partial charge in [0.25, 0.3) is 0 Å². The van der Waals surface area contributed by atoms with E-state index in [4.69, 9.17) is 5.73 Å². The lowest BCUT2D eigenvalue weighted by Crippen LogP contribution is -1.97. The van der Waals surface area contributed by atoms with Crippen molar-refractivity contribution in [2.45, 2.75) is 0 Å². The molecule has 0 fully saturated rings. The lowest BCUT2D eigenvalue weighted by molar-refractivity contribution is 0.597. The second-order valence-electron chi connectivity index (χ2n) is 3.64. The Bertz CT molecular complexity index is 582. The first-order valence-corrected chi connectivity index (χ1v) is 5.72. The van der Waals surface area contributed by atoms with Crippen molar-refractivity contribution in [3.63, 3.8) is 0 Å². The maximum Gasteiger partial charge on any atom is 0.147 e. The van der Waals surface area contributed by atoms with E-state index in [1.165, 1.54) is 6.07 Å². The molecule has 2 nitrogen and oxygen atoms in total. The summed E-state index contributed by atoms with van der Waals surface area (Å²) in [4.78, 5) is 0. The summed E-state index contributed by atoms with van der Waals surface area (Å²) in [5.41, 5.74) is 5.79.